The number of nitrogens with zero attached hydrogens (tertiary/aromatic N) is 2. The second-order valence-corrected chi connectivity index (χ2v) is 8.39. The summed E-state index contributed by atoms with van der Waals surface area (Å²) in [6.07, 6.45) is 33.4. The Morgan fingerprint density at radius 1 is 1.16 bits per heavy atom. The maximum atomic E-state index is 6.56. The summed E-state index contributed by atoms with van der Waals surface area (Å²) in [5, 5.41) is 0.869. The molecule has 0 spiro atoms. The summed E-state index contributed by atoms with van der Waals surface area (Å²) >= 11 is 6.23. The first-order chi connectivity index (χ1) is 15.7. The van der Waals surface area contributed by atoms with Crippen molar-refractivity contribution in [3.63, 3.8) is 0 Å². The van der Waals surface area contributed by atoms with Gasteiger partial charge < -0.3 is 9.30 Å². The van der Waals surface area contributed by atoms with E-state index in [2.05, 4.69) is 73.1 Å². The van der Waals surface area contributed by atoms with Crippen LogP contribution in [0.3, 0.4) is 0 Å². The van der Waals surface area contributed by atoms with Crippen LogP contribution in [0.15, 0.2) is 107 Å². The average molecular weight is 449 g/mol. The van der Waals surface area contributed by atoms with Crippen LogP contribution >= 0.6 is 11.6 Å². The molecule has 1 aromatic rings. The first-order valence-electron chi connectivity index (χ1n) is 11.4. The topological polar surface area (TPSA) is 27.1 Å². The lowest BCUT2D eigenvalue weighted by Gasteiger charge is -2.23. The summed E-state index contributed by atoms with van der Waals surface area (Å²) in [5.41, 5.74) is 2.40. The van der Waals surface area contributed by atoms with Gasteiger partial charge in [-0.15, -0.1) is 0 Å². The number of halogens is 1. The van der Waals surface area contributed by atoms with Crippen LogP contribution in [0.4, 0.5) is 0 Å². The Bertz CT molecular complexity index is 998. The minimum atomic E-state index is -0.298. The van der Waals surface area contributed by atoms with Gasteiger partial charge in [0.25, 0.3) is 0 Å². The summed E-state index contributed by atoms with van der Waals surface area (Å²) < 4.78 is 8.75. The Hall–Kier alpha value is -2.78. The lowest BCUT2D eigenvalue weighted by atomic mass is 10.0. The molecule has 0 radical (unpaired) electrons. The average Bonchev–Trinajstić information content (AvgIpc) is 3.05. The van der Waals surface area contributed by atoms with Crippen LogP contribution < -0.4 is 0 Å². The zero-order valence-electron chi connectivity index (χ0n) is 19.1. The molecule has 0 N–H and O–H groups in total. The second-order valence-electron chi connectivity index (χ2n) is 7.90. The Balaban J connectivity index is 1.89. The van der Waals surface area contributed by atoms with E-state index in [1.54, 1.807) is 0 Å². The molecular weight excluding hydrogens is 416 g/mol. The van der Waals surface area contributed by atoms with Crippen molar-refractivity contribution in [3.05, 3.63) is 113 Å². The van der Waals surface area contributed by atoms with Crippen molar-refractivity contribution in [2.24, 2.45) is 0 Å². The fourth-order valence-corrected chi connectivity index (χ4v) is 3.77. The van der Waals surface area contributed by atoms with Crippen molar-refractivity contribution in [3.8, 4) is 0 Å². The van der Waals surface area contributed by atoms with E-state index in [0.29, 0.717) is 0 Å². The van der Waals surface area contributed by atoms with Gasteiger partial charge in [0.1, 0.15) is 5.76 Å². The predicted octanol–water partition coefficient (Wildman–Crippen LogP) is 8.04. The third-order valence-electron chi connectivity index (χ3n) is 5.24. The highest BCUT2D eigenvalue weighted by Gasteiger charge is 2.23. The van der Waals surface area contributed by atoms with E-state index in [9.17, 15) is 0 Å². The highest BCUT2D eigenvalue weighted by molar-refractivity contribution is 6.29. The zero-order chi connectivity index (χ0) is 22.6. The normalized spacial score (nSPS) is 20.6. The molecule has 4 heteroatoms. The number of imidazole rings is 1. The van der Waals surface area contributed by atoms with Crippen LogP contribution in [0.1, 0.15) is 57.9 Å². The Labute approximate surface area is 197 Å². The standard InChI is InChI=1S/C28H33ClN2O/c1-3-4-5-8-13-23(2)22-31-21-20-30-28(31)27(32-26-18-9-6-7-10-19-26)24-14-11-16-25(29)17-12-15-24/h4-7,9,11,13-15,17-21,27H,3,8,10,12,16,22H2,1-2H3/b5-4-,14-11-,23-13+,24-15?,25-17+. The minimum Gasteiger partial charge on any atom is -0.478 e. The molecule has 0 aliphatic heterocycles. The fourth-order valence-electron chi connectivity index (χ4n) is 3.59. The second kappa shape index (κ2) is 12.9. The quantitative estimate of drug-likeness (QED) is 0.357. The van der Waals surface area contributed by atoms with Gasteiger partial charge in [-0.2, -0.15) is 0 Å². The number of ether oxygens (including phenoxy) is 1. The molecular formula is C28H33ClN2O. The smallest absolute Gasteiger partial charge is 0.181 e. The van der Waals surface area contributed by atoms with Gasteiger partial charge in [-0.3, -0.25) is 0 Å². The molecule has 168 valence electrons. The molecule has 0 saturated carbocycles. The lowest BCUT2D eigenvalue weighted by Crippen LogP contribution is -2.14. The largest absolute Gasteiger partial charge is 0.478 e. The van der Waals surface area contributed by atoms with E-state index in [0.717, 1.165) is 60.8 Å². The van der Waals surface area contributed by atoms with Crippen molar-refractivity contribution in [1.29, 1.82) is 0 Å². The highest BCUT2D eigenvalue weighted by atomic mass is 35.5. The predicted molar refractivity (Wildman–Crippen MR) is 135 cm³/mol. The van der Waals surface area contributed by atoms with Crippen LogP contribution in [0.25, 0.3) is 0 Å². The first kappa shape index (κ1) is 23.9. The van der Waals surface area contributed by atoms with E-state index in [1.165, 1.54) is 5.57 Å². The van der Waals surface area contributed by atoms with Crippen molar-refractivity contribution >= 4 is 11.6 Å². The Morgan fingerprint density at radius 2 is 2.06 bits per heavy atom. The number of allylic oxidation sites excluding steroid dienone is 13. The van der Waals surface area contributed by atoms with Crippen molar-refractivity contribution in [2.45, 2.75) is 58.6 Å². The van der Waals surface area contributed by atoms with Gasteiger partial charge >= 0.3 is 0 Å². The van der Waals surface area contributed by atoms with Gasteiger partial charge in [0.15, 0.2) is 11.9 Å². The molecule has 2 aliphatic rings. The number of aromatic nitrogens is 2. The molecule has 3 nitrogen and oxygen atoms in total. The molecule has 32 heavy (non-hydrogen) atoms. The molecule has 1 aromatic heterocycles. The van der Waals surface area contributed by atoms with Gasteiger partial charge in [-0.05, 0) is 50.3 Å². The van der Waals surface area contributed by atoms with E-state index < -0.39 is 0 Å². The minimum absolute atomic E-state index is 0.298. The number of hydrogen-bond acceptors (Lipinski definition) is 2. The summed E-state index contributed by atoms with van der Waals surface area (Å²) in [5.74, 6) is 1.76. The molecule has 0 saturated heterocycles. The van der Waals surface area contributed by atoms with E-state index >= 15 is 0 Å². The van der Waals surface area contributed by atoms with Crippen LogP contribution in [0.5, 0.6) is 0 Å². The first-order valence-corrected chi connectivity index (χ1v) is 11.8. The molecule has 0 fully saturated rings. The van der Waals surface area contributed by atoms with Crippen LogP contribution in [0.2, 0.25) is 0 Å². The maximum absolute atomic E-state index is 6.56. The molecule has 1 heterocycles. The van der Waals surface area contributed by atoms with Gasteiger partial charge in [-0.25, -0.2) is 4.98 Å². The van der Waals surface area contributed by atoms with E-state index in [-0.39, 0.29) is 6.10 Å². The van der Waals surface area contributed by atoms with Crippen molar-refractivity contribution < 1.29 is 4.74 Å². The zero-order valence-corrected chi connectivity index (χ0v) is 19.8. The summed E-state index contributed by atoms with van der Waals surface area (Å²) in [6.45, 7) is 5.11. The highest BCUT2D eigenvalue weighted by Crippen LogP contribution is 2.31. The third kappa shape index (κ3) is 7.42. The monoisotopic (exact) mass is 448 g/mol. The summed E-state index contributed by atoms with van der Waals surface area (Å²) in [4.78, 5) is 4.73. The molecule has 0 aromatic carbocycles. The Morgan fingerprint density at radius 3 is 2.94 bits per heavy atom. The fraction of sp³-hybridized carbons (Fsp3) is 0.321. The third-order valence-corrected chi connectivity index (χ3v) is 5.55. The van der Waals surface area contributed by atoms with Crippen LogP contribution in [-0.2, 0) is 11.3 Å². The van der Waals surface area contributed by atoms with Crippen molar-refractivity contribution in [2.75, 3.05) is 0 Å². The molecule has 0 bridgehead atoms. The van der Waals surface area contributed by atoms with Crippen LogP contribution in [-0.4, -0.2) is 9.55 Å². The number of hydrogen-bond donors (Lipinski definition) is 0. The van der Waals surface area contributed by atoms with E-state index in [1.807, 2.05) is 30.6 Å². The maximum Gasteiger partial charge on any atom is 0.181 e. The van der Waals surface area contributed by atoms with Gasteiger partial charge in [0, 0.05) is 30.4 Å². The van der Waals surface area contributed by atoms with Gasteiger partial charge in [-0.1, -0.05) is 84.9 Å². The molecule has 1 unspecified atom stereocenters. The molecule has 1 atom stereocenters. The van der Waals surface area contributed by atoms with Crippen molar-refractivity contribution in [1.82, 2.24) is 9.55 Å². The summed E-state index contributed by atoms with van der Waals surface area (Å²) in [7, 11) is 0. The molecule has 0 amide bonds. The lowest BCUT2D eigenvalue weighted by molar-refractivity contribution is 0.148. The SMILES string of the molecule is CC/C=C\C/C=C(\C)Cn1ccnc1C(OC1=CCC=CC=C1)C1=CC/C=C(/Cl)C/C=C\1. The van der Waals surface area contributed by atoms with Gasteiger partial charge in [0.05, 0.1) is 0 Å². The van der Waals surface area contributed by atoms with Crippen LogP contribution in [0, 0.1) is 0 Å². The van der Waals surface area contributed by atoms with Gasteiger partial charge in [0.2, 0.25) is 0 Å². The Kier molecular flexibility index (Phi) is 9.64. The number of rotatable bonds is 9. The summed E-state index contributed by atoms with van der Waals surface area (Å²) in [6, 6.07) is 0. The molecule has 2 aliphatic carbocycles. The van der Waals surface area contributed by atoms with E-state index in [4.69, 9.17) is 21.3 Å². The molecule has 3 rings (SSSR count).